The van der Waals surface area contributed by atoms with Gasteiger partial charge in [0, 0.05) is 21.8 Å². The average molecular weight is 421 g/mol. The highest BCUT2D eigenvalue weighted by atomic mass is 35.5. The van der Waals surface area contributed by atoms with Gasteiger partial charge in [-0.05, 0) is 73.2 Å². The highest BCUT2D eigenvalue weighted by Crippen LogP contribution is 2.22. The van der Waals surface area contributed by atoms with Crippen molar-refractivity contribution < 1.29 is 13.9 Å². The second kappa shape index (κ2) is 8.51. The van der Waals surface area contributed by atoms with Crippen LogP contribution in [0.3, 0.4) is 0 Å². The lowest BCUT2D eigenvalue weighted by molar-refractivity contribution is 0.102. The molecule has 6 heteroatoms. The first-order chi connectivity index (χ1) is 14.5. The molecule has 0 unspecified atom stereocenters. The second-order valence-electron chi connectivity index (χ2n) is 6.87. The smallest absolute Gasteiger partial charge is 0.256 e. The van der Waals surface area contributed by atoms with Crippen LogP contribution in [0.25, 0.3) is 10.9 Å². The molecule has 1 aromatic heterocycles. The lowest BCUT2D eigenvalue weighted by atomic mass is 10.1. The van der Waals surface area contributed by atoms with Gasteiger partial charge in [0.2, 0.25) is 0 Å². The summed E-state index contributed by atoms with van der Waals surface area (Å²) in [7, 11) is 0. The summed E-state index contributed by atoms with van der Waals surface area (Å²) in [5.74, 6) is -0.0643. The zero-order valence-corrected chi connectivity index (χ0v) is 16.9. The van der Waals surface area contributed by atoms with Crippen molar-refractivity contribution in [2.75, 3.05) is 5.32 Å². The van der Waals surface area contributed by atoms with Crippen LogP contribution in [0.5, 0.6) is 5.75 Å². The highest BCUT2D eigenvalue weighted by molar-refractivity contribution is 6.30. The van der Waals surface area contributed by atoms with Crippen LogP contribution in [-0.4, -0.2) is 10.9 Å². The third-order valence-corrected chi connectivity index (χ3v) is 4.83. The van der Waals surface area contributed by atoms with Crippen molar-refractivity contribution in [2.45, 2.75) is 13.5 Å². The Labute approximate surface area is 178 Å². The lowest BCUT2D eigenvalue weighted by Gasteiger charge is -2.11. The third-order valence-electron chi connectivity index (χ3n) is 4.57. The molecule has 0 aliphatic carbocycles. The van der Waals surface area contributed by atoms with Gasteiger partial charge in [0.25, 0.3) is 5.91 Å². The molecule has 30 heavy (non-hydrogen) atoms. The summed E-state index contributed by atoms with van der Waals surface area (Å²) >= 11 is 5.88. The number of halogens is 2. The summed E-state index contributed by atoms with van der Waals surface area (Å²) in [5, 5.41) is 4.00. The van der Waals surface area contributed by atoms with Gasteiger partial charge in [-0.3, -0.25) is 9.78 Å². The third kappa shape index (κ3) is 4.58. The molecule has 0 atom stereocenters. The molecular formula is C24H18ClFN2O2. The SMILES string of the molecule is Cc1cc(C(=O)Nc2ccc(OCc3ccc(Cl)cc3)cc2)c2cc(F)ccc2n1. The zero-order chi connectivity index (χ0) is 21.1. The largest absolute Gasteiger partial charge is 0.489 e. The second-order valence-corrected chi connectivity index (χ2v) is 7.30. The quantitative estimate of drug-likeness (QED) is 0.420. The highest BCUT2D eigenvalue weighted by Gasteiger charge is 2.13. The molecule has 1 amide bonds. The molecule has 0 radical (unpaired) electrons. The number of hydrogen-bond acceptors (Lipinski definition) is 3. The van der Waals surface area contributed by atoms with Gasteiger partial charge < -0.3 is 10.1 Å². The first-order valence-electron chi connectivity index (χ1n) is 9.33. The van der Waals surface area contributed by atoms with E-state index in [-0.39, 0.29) is 5.91 Å². The molecule has 0 saturated carbocycles. The molecule has 0 bridgehead atoms. The van der Waals surface area contributed by atoms with Crippen molar-refractivity contribution in [3.05, 3.63) is 100 Å². The van der Waals surface area contributed by atoms with Crippen LogP contribution in [0.2, 0.25) is 5.02 Å². The molecule has 0 fully saturated rings. The predicted molar refractivity (Wildman–Crippen MR) is 117 cm³/mol. The molecule has 0 aliphatic rings. The van der Waals surface area contributed by atoms with Gasteiger partial charge in [-0.25, -0.2) is 4.39 Å². The molecular weight excluding hydrogens is 403 g/mol. The zero-order valence-electron chi connectivity index (χ0n) is 16.2. The fourth-order valence-electron chi connectivity index (χ4n) is 3.10. The number of anilines is 1. The number of carbonyl (C=O) groups is 1. The van der Waals surface area contributed by atoms with Gasteiger partial charge in [-0.1, -0.05) is 23.7 Å². The molecule has 0 aliphatic heterocycles. The Morgan fingerprint density at radius 1 is 1.03 bits per heavy atom. The van der Waals surface area contributed by atoms with Gasteiger partial charge in [0.1, 0.15) is 18.2 Å². The Bertz CT molecular complexity index is 1210. The van der Waals surface area contributed by atoms with E-state index in [1.807, 2.05) is 24.3 Å². The number of benzene rings is 3. The Hall–Kier alpha value is -3.44. The fourth-order valence-corrected chi connectivity index (χ4v) is 3.22. The van der Waals surface area contributed by atoms with Gasteiger partial charge >= 0.3 is 0 Å². The van der Waals surface area contributed by atoms with E-state index >= 15 is 0 Å². The number of carbonyl (C=O) groups excluding carboxylic acids is 1. The van der Waals surface area contributed by atoms with Crippen LogP contribution in [0.1, 0.15) is 21.6 Å². The maximum atomic E-state index is 13.7. The van der Waals surface area contributed by atoms with E-state index in [0.29, 0.717) is 45.2 Å². The first kappa shape index (κ1) is 19.9. The number of rotatable bonds is 5. The molecule has 150 valence electrons. The Morgan fingerprint density at radius 2 is 1.77 bits per heavy atom. The standard InChI is InChI=1S/C24H18ClFN2O2/c1-15-12-22(21-13-18(26)6-11-23(21)27-15)24(29)28-19-7-9-20(10-8-19)30-14-16-2-4-17(25)5-3-16/h2-13H,14H2,1H3,(H,28,29). The Kier molecular flexibility index (Phi) is 5.63. The van der Waals surface area contributed by atoms with E-state index in [2.05, 4.69) is 10.3 Å². The van der Waals surface area contributed by atoms with Crippen molar-refractivity contribution in [3.63, 3.8) is 0 Å². The monoisotopic (exact) mass is 420 g/mol. The number of pyridine rings is 1. The number of ether oxygens (including phenoxy) is 1. The van der Waals surface area contributed by atoms with Gasteiger partial charge in [0.15, 0.2) is 0 Å². The average Bonchev–Trinajstić information content (AvgIpc) is 2.74. The molecule has 0 saturated heterocycles. The van der Waals surface area contributed by atoms with Crippen LogP contribution in [0, 0.1) is 12.7 Å². The summed E-state index contributed by atoms with van der Waals surface area (Å²) in [5.41, 5.74) is 3.25. The first-order valence-corrected chi connectivity index (χ1v) is 9.71. The number of aromatic nitrogens is 1. The van der Waals surface area contributed by atoms with E-state index in [1.165, 1.54) is 12.1 Å². The molecule has 1 heterocycles. The summed E-state index contributed by atoms with van der Waals surface area (Å²) in [6, 6.07) is 20.4. The van der Waals surface area contributed by atoms with Crippen molar-refractivity contribution >= 4 is 34.1 Å². The predicted octanol–water partition coefficient (Wildman–Crippen LogP) is 6.17. The maximum Gasteiger partial charge on any atom is 0.256 e. The molecule has 4 nitrogen and oxygen atoms in total. The van der Waals surface area contributed by atoms with Gasteiger partial charge in [-0.2, -0.15) is 0 Å². The number of aryl methyl sites for hydroxylation is 1. The molecule has 0 spiro atoms. The van der Waals surface area contributed by atoms with Crippen molar-refractivity contribution in [2.24, 2.45) is 0 Å². The van der Waals surface area contributed by atoms with Crippen molar-refractivity contribution in [1.29, 1.82) is 0 Å². The van der Waals surface area contributed by atoms with Gasteiger partial charge in [0.05, 0.1) is 11.1 Å². The van der Waals surface area contributed by atoms with Crippen molar-refractivity contribution in [1.82, 2.24) is 4.98 Å². The van der Waals surface area contributed by atoms with Crippen LogP contribution in [0.4, 0.5) is 10.1 Å². The van der Waals surface area contributed by atoms with Crippen LogP contribution >= 0.6 is 11.6 Å². The minimum Gasteiger partial charge on any atom is -0.489 e. The summed E-state index contributed by atoms with van der Waals surface area (Å²) in [6.45, 7) is 2.21. The van der Waals surface area contributed by atoms with E-state index in [0.717, 1.165) is 5.56 Å². The number of hydrogen-bond donors (Lipinski definition) is 1. The number of nitrogens with one attached hydrogen (secondary N) is 1. The summed E-state index contributed by atoms with van der Waals surface area (Å²) < 4.78 is 19.4. The minimum atomic E-state index is -0.413. The summed E-state index contributed by atoms with van der Waals surface area (Å²) in [4.78, 5) is 17.2. The lowest BCUT2D eigenvalue weighted by Crippen LogP contribution is -2.13. The van der Waals surface area contributed by atoms with E-state index in [9.17, 15) is 9.18 Å². The molecule has 4 aromatic rings. The summed E-state index contributed by atoms with van der Waals surface area (Å²) in [6.07, 6.45) is 0. The maximum absolute atomic E-state index is 13.7. The number of fused-ring (bicyclic) bond motifs is 1. The fraction of sp³-hybridized carbons (Fsp3) is 0.0833. The Morgan fingerprint density at radius 3 is 2.50 bits per heavy atom. The molecule has 1 N–H and O–H groups in total. The van der Waals surface area contributed by atoms with Gasteiger partial charge in [-0.15, -0.1) is 0 Å². The number of nitrogens with zero attached hydrogens (tertiary/aromatic N) is 1. The Balaban J connectivity index is 1.47. The van der Waals surface area contributed by atoms with E-state index in [1.54, 1.807) is 43.3 Å². The van der Waals surface area contributed by atoms with E-state index < -0.39 is 5.82 Å². The molecule has 4 rings (SSSR count). The normalized spacial score (nSPS) is 10.8. The topological polar surface area (TPSA) is 51.2 Å². The molecule has 3 aromatic carbocycles. The number of amides is 1. The van der Waals surface area contributed by atoms with Crippen LogP contribution < -0.4 is 10.1 Å². The van der Waals surface area contributed by atoms with Crippen LogP contribution in [-0.2, 0) is 6.61 Å². The van der Waals surface area contributed by atoms with Crippen LogP contribution in [0.15, 0.2) is 72.8 Å². The van der Waals surface area contributed by atoms with E-state index in [4.69, 9.17) is 16.3 Å². The minimum absolute atomic E-state index is 0.328. The van der Waals surface area contributed by atoms with Crippen molar-refractivity contribution in [3.8, 4) is 5.75 Å².